The Balaban J connectivity index is 1.90. The number of aryl methyl sites for hydroxylation is 1. The lowest BCUT2D eigenvalue weighted by molar-refractivity contribution is 0.0453. The van der Waals surface area contributed by atoms with Crippen LogP contribution in [0, 0.1) is 6.92 Å². The van der Waals surface area contributed by atoms with Gasteiger partial charge in [0.1, 0.15) is 5.56 Å². The molecule has 0 fully saturated rings. The molecule has 0 spiro atoms. The van der Waals surface area contributed by atoms with Crippen LogP contribution < -0.4 is 5.32 Å². The Bertz CT molecular complexity index is 710. The summed E-state index contributed by atoms with van der Waals surface area (Å²) in [7, 11) is 0. The first-order valence-electron chi connectivity index (χ1n) is 9.00. The minimum Gasteiger partial charge on any atom is -0.379 e. The largest absolute Gasteiger partial charge is 0.379 e. The van der Waals surface area contributed by atoms with E-state index < -0.39 is 0 Å². The van der Waals surface area contributed by atoms with E-state index in [1.54, 1.807) is 6.92 Å². The lowest BCUT2D eigenvalue weighted by atomic mass is 10.0. The van der Waals surface area contributed by atoms with Gasteiger partial charge in [-0.1, -0.05) is 43.3 Å². The van der Waals surface area contributed by atoms with Gasteiger partial charge in [0.25, 0.3) is 5.91 Å². The average Bonchev–Trinajstić information content (AvgIpc) is 3.02. The van der Waals surface area contributed by atoms with Crippen LogP contribution in [0.15, 0.2) is 28.8 Å². The van der Waals surface area contributed by atoms with Gasteiger partial charge in [0.15, 0.2) is 5.76 Å². The number of ether oxygens (including phenoxy) is 2. The third-order valence-electron chi connectivity index (χ3n) is 3.93. The molecule has 0 atom stereocenters. The van der Waals surface area contributed by atoms with Gasteiger partial charge in [0.05, 0.1) is 25.5 Å². The second-order valence-corrected chi connectivity index (χ2v) is 6.41. The van der Waals surface area contributed by atoms with Crippen LogP contribution in [0.2, 0.25) is 0 Å². The van der Waals surface area contributed by atoms with Crippen LogP contribution in [-0.4, -0.2) is 30.9 Å². The van der Waals surface area contributed by atoms with E-state index in [0.29, 0.717) is 50.0 Å². The van der Waals surface area contributed by atoms with Crippen molar-refractivity contribution in [2.45, 2.75) is 46.8 Å². The van der Waals surface area contributed by atoms with Crippen LogP contribution in [-0.2, 0) is 22.6 Å². The summed E-state index contributed by atoms with van der Waals surface area (Å²) in [5, 5.41) is 6.87. The number of carbonyl (C=O) groups excluding carboxylic acids is 1. The number of hydrogen-bond donors (Lipinski definition) is 1. The Kier molecular flexibility index (Phi) is 7.81. The molecule has 2 rings (SSSR count). The number of amides is 1. The van der Waals surface area contributed by atoms with Gasteiger partial charge in [-0.3, -0.25) is 4.79 Å². The van der Waals surface area contributed by atoms with Crippen LogP contribution >= 0.6 is 0 Å². The van der Waals surface area contributed by atoms with Crippen LogP contribution in [0.4, 0.5) is 0 Å². The second kappa shape index (κ2) is 10.1. The smallest absolute Gasteiger partial charge is 0.257 e. The molecule has 0 unspecified atom stereocenters. The summed E-state index contributed by atoms with van der Waals surface area (Å²) in [5.41, 5.74) is 3.24. The fourth-order valence-corrected chi connectivity index (χ4v) is 2.61. The number of rotatable bonds is 10. The Morgan fingerprint density at radius 3 is 2.69 bits per heavy atom. The van der Waals surface area contributed by atoms with E-state index in [9.17, 15) is 4.79 Å². The maximum atomic E-state index is 12.5. The van der Waals surface area contributed by atoms with Crippen LogP contribution in [0.3, 0.4) is 0 Å². The van der Waals surface area contributed by atoms with Crippen molar-refractivity contribution < 1.29 is 18.8 Å². The highest BCUT2D eigenvalue weighted by Gasteiger charge is 2.22. The van der Waals surface area contributed by atoms with E-state index in [-0.39, 0.29) is 11.8 Å². The van der Waals surface area contributed by atoms with E-state index in [1.165, 1.54) is 0 Å². The summed E-state index contributed by atoms with van der Waals surface area (Å²) in [6, 6.07) is 7.98. The first-order valence-corrected chi connectivity index (χ1v) is 9.00. The van der Waals surface area contributed by atoms with Crippen LogP contribution in [0.5, 0.6) is 0 Å². The van der Waals surface area contributed by atoms with Crippen molar-refractivity contribution in [2.24, 2.45) is 0 Å². The van der Waals surface area contributed by atoms with E-state index in [1.807, 2.05) is 45.0 Å². The number of carbonyl (C=O) groups is 1. The average molecular weight is 360 g/mol. The first-order chi connectivity index (χ1) is 12.5. The fraction of sp³-hybridized carbons (Fsp3) is 0.500. The van der Waals surface area contributed by atoms with Crippen LogP contribution in [0.25, 0.3) is 0 Å². The topological polar surface area (TPSA) is 73.6 Å². The molecule has 1 aromatic heterocycles. The van der Waals surface area contributed by atoms with Crippen molar-refractivity contribution in [3.05, 3.63) is 52.4 Å². The van der Waals surface area contributed by atoms with Gasteiger partial charge < -0.3 is 19.3 Å². The summed E-state index contributed by atoms with van der Waals surface area (Å²) in [4.78, 5) is 12.5. The monoisotopic (exact) mass is 360 g/mol. The molecule has 6 heteroatoms. The maximum Gasteiger partial charge on any atom is 0.257 e. The normalized spacial score (nSPS) is 11.1. The molecule has 1 aromatic carbocycles. The number of aromatic nitrogens is 1. The SMILES string of the molecule is CCOCCOCc1cccc(CNC(=O)c2c(C)noc2C(C)C)c1. The van der Waals surface area contributed by atoms with Gasteiger partial charge in [-0.25, -0.2) is 0 Å². The van der Waals surface area contributed by atoms with Crippen molar-refractivity contribution in [1.29, 1.82) is 0 Å². The Hall–Kier alpha value is -2.18. The van der Waals surface area contributed by atoms with Crippen molar-refractivity contribution in [3.63, 3.8) is 0 Å². The van der Waals surface area contributed by atoms with Gasteiger partial charge in [-0.15, -0.1) is 0 Å². The minimum atomic E-state index is -0.161. The highest BCUT2D eigenvalue weighted by Crippen LogP contribution is 2.22. The molecular weight excluding hydrogens is 332 g/mol. The second-order valence-electron chi connectivity index (χ2n) is 6.41. The Labute approximate surface area is 154 Å². The zero-order valence-electron chi connectivity index (χ0n) is 16.0. The van der Waals surface area contributed by atoms with E-state index >= 15 is 0 Å². The molecule has 1 N–H and O–H groups in total. The molecule has 1 heterocycles. The molecule has 0 radical (unpaired) electrons. The molecule has 6 nitrogen and oxygen atoms in total. The molecule has 0 aliphatic carbocycles. The quantitative estimate of drug-likeness (QED) is 0.656. The zero-order chi connectivity index (χ0) is 18.9. The van der Waals surface area contributed by atoms with Gasteiger partial charge >= 0.3 is 0 Å². The summed E-state index contributed by atoms with van der Waals surface area (Å²) in [5.74, 6) is 0.566. The number of benzene rings is 1. The highest BCUT2D eigenvalue weighted by atomic mass is 16.5. The van der Waals surface area contributed by atoms with Crippen molar-refractivity contribution in [3.8, 4) is 0 Å². The third-order valence-corrected chi connectivity index (χ3v) is 3.93. The molecule has 0 bridgehead atoms. The van der Waals surface area contributed by atoms with Gasteiger partial charge in [0, 0.05) is 19.1 Å². The predicted molar refractivity (Wildman–Crippen MR) is 99.1 cm³/mol. The third kappa shape index (κ3) is 5.68. The predicted octanol–water partition coefficient (Wildman–Crippen LogP) is 3.59. The molecule has 0 saturated heterocycles. The van der Waals surface area contributed by atoms with E-state index in [4.69, 9.17) is 14.0 Å². The van der Waals surface area contributed by atoms with Crippen molar-refractivity contribution in [2.75, 3.05) is 19.8 Å². The molecule has 1 amide bonds. The summed E-state index contributed by atoms with van der Waals surface area (Å²) in [6.45, 7) is 10.5. The van der Waals surface area contributed by atoms with Crippen molar-refractivity contribution in [1.82, 2.24) is 10.5 Å². The van der Waals surface area contributed by atoms with Gasteiger partial charge in [-0.2, -0.15) is 0 Å². The number of hydrogen-bond acceptors (Lipinski definition) is 5. The first kappa shape index (κ1) is 20.1. The van der Waals surface area contributed by atoms with Crippen LogP contribution in [0.1, 0.15) is 59.6 Å². The fourth-order valence-electron chi connectivity index (χ4n) is 2.61. The van der Waals surface area contributed by atoms with E-state index in [2.05, 4.69) is 10.5 Å². The van der Waals surface area contributed by atoms with Crippen molar-refractivity contribution >= 4 is 5.91 Å². The zero-order valence-corrected chi connectivity index (χ0v) is 16.0. The number of nitrogens with one attached hydrogen (secondary N) is 1. The summed E-state index contributed by atoms with van der Waals surface area (Å²) in [6.07, 6.45) is 0. The molecule has 0 aliphatic heterocycles. The Morgan fingerprint density at radius 2 is 1.96 bits per heavy atom. The lowest BCUT2D eigenvalue weighted by Crippen LogP contribution is -2.24. The van der Waals surface area contributed by atoms with Gasteiger partial charge in [-0.05, 0) is 25.0 Å². The number of nitrogens with zero attached hydrogens (tertiary/aromatic N) is 1. The molecule has 0 aliphatic rings. The summed E-state index contributed by atoms with van der Waals surface area (Å²) < 4.78 is 16.1. The highest BCUT2D eigenvalue weighted by molar-refractivity contribution is 5.96. The van der Waals surface area contributed by atoms with E-state index in [0.717, 1.165) is 11.1 Å². The minimum absolute atomic E-state index is 0.106. The molecule has 2 aromatic rings. The molecular formula is C20H28N2O4. The van der Waals surface area contributed by atoms with Gasteiger partial charge in [0.2, 0.25) is 0 Å². The summed E-state index contributed by atoms with van der Waals surface area (Å²) >= 11 is 0. The standard InChI is InChI=1S/C20H28N2O4/c1-5-24-9-10-25-13-17-8-6-7-16(11-17)12-21-20(23)18-15(4)22-26-19(18)14(2)3/h6-8,11,14H,5,9-10,12-13H2,1-4H3,(H,21,23). The molecule has 142 valence electrons. The lowest BCUT2D eigenvalue weighted by Gasteiger charge is -2.09. The molecule has 26 heavy (non-hydrogen) atoms. The maximum absolute atomic E-state index is 12.5. The Morgan fingerprint density at radius 1 is 1.23 bits per heavy atom. The molecule has 0 saturated carbocycles.